The molecule has 1 heterocycles. The van der Waals surface area contributed by atoms with Gasteiger partial charge < -0.3 is 9.64 Å². The summed E-state index contributed by atoms with van der Waals surface area (Å²) >= 11 is 0. The maximum absolute atomic E-state index is 6.22. The van der Waals surface area contributed by atoms with Crippen molar-refractivity contribution in [3.8, 4) is 5.75 Å². The van der Waals surface area contributed by atoms with E-state index in [2.05, 4.69) is 88.0 Å². The Morgan fingerprint density at radius 2 is 1.70 bits per heavy atom. The van der Waals surface area contributed by atoms with Crippen molar-refractivity contribution in [1.29, 1.82) is 0 Å². The molecule has 2 heteroatoms. The average Bonchev–Trinajstić information content (AvgIpc) is 2.82. The summed E-state index contributed by atoms with van der Waals surface area (Å²) in [7, 11) is 0. The largest absolute Gasteiger partial charge is 0.471 e. The van der Waals surface area contributed by atoms with E-state index in [0.717, 1.165) is 12.2 Å². The molecule has 0 N–H and O–H groups in total. The number of rotatable bonds is 3. The van der Waals surface area contributed by atoms with E-state index in [1.165, 1.54) is 16.8 Å². The van der Waals surface area contributed by atoms with Crippen molar-refractivity contribution in [2.45, 2.75) is 58.7 Å². The van der Waals surface area contributed by atoms with Gasteiger partial charge in [0.1, 0.15) is 5.75 Å². The Labute approximate surface area is 140 Å². The van der Waals surface area contributed by atoms with Crippen molar-refractivity contribution in [2.24, 2.45) is 0 Å². The van der Waals surface area contributed by atoms with Crippen molar-refractivity contribution >= 4 is 5.69 Å². The zero-order valence-corrected chi connectivity index (χ0v) is 14.8. The summed E-state index contributed by atoms with van der Waals surface area (Å²) in [4.78, 5) is 2.38. The van der Waals surface area contributed by atoms with Gasteiger partial charge in [0.05, 0.1) is 0 Å². The molecule has 0 radical (unpaired) electrons. The van der Waals surface area contributed by atoms with Crippen molar-refractivity contribution < 1.29 is 4.74 Å². The molecule has 2 aromatic rings. The minimum atomic E-state index is 0.0223. The lowest BCUT2D eigenvalue weighted by molar-refractivity contribution is 0.207. The highest BCUT2D eigenvalue weighted by Crippen LogP contribution is 2.34. The first-order valence-electron chi connectivity index (χ1n) is 8.50. The first-order chi connectivity index (χ1) is 10.9. The average molecular weight is 309 g/mol. The molecule has 0 amide bonds. The summed E-state index contributed by atoms with van der Waals surface area (Å²) in [5.74, 6) is 0.932. The molecule has 3 rings (SSSR count). The topological polar surface area (TPSA) is 12.5 Å². The number of nitrogens with zero attached hydrogens (tertiary/aromatic N) is 1. The van der Waals surface area contributed by atoms with Crippen LogP contribution in [0.5, 0.6) is 5.75 Å². The molecule has 122 valence electrons. The second kappa shape index (κ2) is 5.92. The third-order valence-electron chi connectivity index (χ3n) is 4.68. The summed E-state index contributed by atoms with van der Waals surface area (Å²) in [6.07, 6.45) is 1.11. The van der Waals surface area contributed by atoms with E-state index in [1.807, 2.05) is 0 Å². The highest BCUT2D eigenvalue weighted by Gasteiger charge is 2.30. The molecule has 2 aromatic carbocycles. The Hall–Kier alpha value is -1.96. The van der Waals surface area contributed by atoms with Gasteiger partial charge in [-0.2, -0.15) is 0 Å². The second-order valence-corrected chi connectivity index (χ2v) is 7.58. The van der Waals surface area contributed by atoms with Crippen LogP contribution in [0.4, 0.5) is 5.69 Å². The Morgan fingerprint density at radius 1 is 1.04 bits per heavy atom. The van der Waals surface area contributed by atoms with Crippen LogP contribution in [0.3, 0.4) is 0 Å². The van der Waals surface area contributed by atoms with E-state index < -0.39 is 0 Å². The molecule has 0 spiro atoms. The predicted octanol–water partition coefficient (Wildman–Crippen LogP) is 5.16. The van der Waals surface area contributed by atoms with Gasteiger partial charge in [-0.3, -0.25) is 0 Å². The number of hydrogen-bond acceptors (Lipinski definition) is 2. The number of ether oxygens (including phenoxy) is 1. The quantitative estimate of drug-likeness (QED) is 0.776. The number of fused-ring (bicyclic) bond motifs is 1. The Kier molecular flexibility index (Phi) is 4.09. The van der Waals surface area contributed by atoms with Crippen LogP contribution >= 0.6 is 0 Å². The molecule has 0 bridgehead atoms. The predicted molar refractivity (Wildman–Crippen MR) is 97.3 cm³/mol. The summed E-state index contributed by atoms with van der Waals surface area (Å²) in [5, 5.41) is 0. The molecule has 0 aliphatic carbocycles. The monoisotopic (exact) mass is 309 g/mol. The minimum Gasteiger partial charge on any atom is -0.471 e. The molecule has 0 fully saturated rings. The molecule has 1 aliphatic heterocycles. The van der Waals surface area contributed by atoms with Gasteiger partial charge in [0.15, 0.2) is 6.23 Å². The molecule has 2 unspecified atom stereocenters. The minimum absolute atomic E-state index is 0.0223. The van der Waals surface area contributed by atoms with Crippen molar-refractivity contribution in [1.82, 2.24) is 0 Å². The fourth-order valence-corrected chi connectivity index (χ4v) is 3.43. The van der Waals surface area contributed by atoms with Crippen LogP contribution in [-0.4, -0.2) is 12.3 Å². The van der Waals surface area contributed by atoms with Gasteiger partial charge in [-0.05, 0) is 55.0 Å². The normalized spacial score (nSPS) is 18.7. The lowest BCUT2D eigenvalue weighted by atomic mass is 9.87. The lowest BCUT2D eigenvalue weighted by Crippen LogP contribution is -2.41. The molecule has 0 aromatic heterocycles. The number of benzene rings is 2. The van der Waals surface area contributed by atoms with Crippen molar-refractivity contribution in [2.75, 3.05) is 4.90 Å². The first-order valence-corrected chi connectivity index (χ1v) is 8.50. The third-order valence-corrected chi connectivity index (χ3v) is 4.68. The van der Waals surface area contributed by atoms with Gasteiger partial charge in [-0.15, -0.1) is 0 Å². The molecule has 0 saturated carbocycles. The van der Waals surface area contributed by atoms with Crippen molar-refractivity contribution in [3.05, 3.63) is 59.7 Å². The molecule has 0 saturated heterocycles. The molecule has 23 heavy (non-hydrogen) atoms. The van der Waals surface area contributed by atoms with E-state index in [-0.39, 0.29) is 11.6 Å². The molecule has 2 nitrogen and oxygen atoms in total. The molecule has 1 aliphatic rings. The fourth-order valence-electron chi connectivity index (χ4n) is 3.43. The Morgan fingerprint density at radius 3 is 2.35 bits per heavy atom. The summed E-state index contributed by atoms with van der Waals surface area (Å²) in [6.45, 7) is 11.1. The van der Waals surface area contributed by atoms with Crippen LogP contribution in [0.1, 0.15) is 45.7 Å². The van der Waals surface area contributed by atoms with E-state index in [4.69, 9.17) is 4.74 Å². The summed E-state index contributed by atoms with van der Waals surface area (Å²) in [5.41, 5.74) is 4.22. The zero-order valence-electron chi connectivity index (χ0n) is 14.8. The number of para-hydroxylation sites is 1. The second-order valence-electron chi connectivity index (χ2n) is 7.58. The first kappa shape index (κ1) is 15.9. The maximum atomic E-state index is 6.22. The highest BCUT2D eigenvalue weighted by molar-refractivity contribution is 5.59. The number of anilines is 1. The van der Waals surface area contributed by atoms with E-state index in [0.29, 0.717) is 6.04 Å². The summed E-state index contributed by atoms with van der Waals surface area (Å²) < 4.78 is 6.22. The van der Waals surface area contributed by atoms with E-state index >= 15 is 0 Å². The summed E-state index contributed by atoms with van der Waals surface area (Å²) in [6, 6.07) is 17.6. The SMILES string of the molecule is CC1Cc2ccccc2N1C(C)Oc1ccc(C(C)(C)C)cc1. The third kappa shape index (κ3) is 3.21. The van der Waals surface area contributed by atoms with Crippen LogP contribution in [-0.2, 0) is 11.8 Å². The molecular formula is C21H27NO. The van der Waals surface area contributed by atoms with Crippen LogP contribution in [0.2, 0.25) is 0 Å². The van der Waals surface area contributed by atoms with Gasteiger partial charge in [0.2, 0.25) is 0 Å². The van der Waals surface area contributed by atoms with E-state index in [1.54, 1.807) is 0 Å². The van der Waals surface area contributed by atoms with Crippen LogP contribution < -0.4 is 9.64 Å². The smallest absolute Gasteiger partial charge is 0.169 e. The lowest BCUT2D eigenvalue weighted by Gasteiger charge is -2.32. The van der Waals surface area contributed by atoms with Gasteiger partial charge in [0, 0.05) is 11.7 Å². The van der Waals surface area contributed by atoms with Crippen LogP contribution in [0, 0.1) is 0 Å². The fraction of sp³-hybridized carbons (Fsp3) is 0.429. The van der Waals surface area contributed by atoms with E-state index in [9.17, 15) is 0 Å². The molecule has 2 atom stereocenters. The van der Waals surface area contributed by atoms with Gasteiger partial charge >= 0.3 is 0 Å². The van der Waals surface area contributed by atoms with Crippen molar-refractivity contribution in [3.63, 3.8) is 0 Å². The zero-order chi connectivity index (χ0) is 16.6. The van der Waals surface area contributed by atoms with Crippen LogP contribution in [0.15, 0.2) is 48.5 Å². The van der Waals surface area contributed by atoms with Gasteiger partial charge in [0.25, 0.3) is 0 Å². The highest BCUT2D eigenvalue weighted by atomic mass is 16.5. The Balaban J connectivity index is 1.76. The standard InChI is InChI=1S/C21H27NO/c1-15-14-17-8-6-7-9-20(17)22(15)16(2)23-19-12-10-18(11-13-19)21(3,4)5/h6-13,15-16H,14H2,1-5H3. The van der Waals surface area contributed by atoms with Crippen LogP contribution in [0.25, 0.3) is 0 Å². The number of hydrogen-bond donors (Lipinski definition) is 0. The van der Waals surface area contributed by atoms with Gasteiger partial charge in [-0.25, -0.2) is 0 Å². The van der Waals surface area contributed by atoms with Gasteiger partial charge in [-0.1, -0.05) is 51.1 Å². The Bertz CT molecular complexity index is 669. The molecular weight excluding hydrogens is 282 g/mol. The maximum Gasteiger partial charge on any atom is 0.169 e.